The van der Waals surface area contributed by atoms with Gasteiger partial charge in [-0.1, -0.05) is 26.0 Å². The lowest BCUT2D eigenvalue weighted by atomic mass is 10.1. The Labute approximate surface area is 102 Å². The molecule has 0 bridgehead atoms. The summed E-state index contributed by atoms with van der Waals surface area (Å²) in [6.45, 7) is 6.96. The van der Waals surface area contributed by atoms with Crippen molar-refractivity contribution in [3.63, 3.8) is 0 Å². The predicted molar refractivity (Wildman–Crippen MR) is 66.2 cm³/mol. The molecule has 17 heavy (non-hydrogen) atoms. The van der Waals surface area contributed by atoms with Crippen LogP contribution in [0.4, 0.5) is 0 Å². The summed E-state index contributed by atoms with van der Waals surface area (Å²) in [7, 11) is 0. The van der Waals surface area contributed by atoms with E-state index < -0.39 is 0 Å². The first-order chi connectivity index (χ1) is 8.17. The van der Waals surface area contributed by atoms with Crippen molar-refractivity contribution < 1.29 is 9.47 Å². The largest absolute Gasteiger partial charge is 0.454 e. The van der Waals surface area contributed by atoms with Crippen LogP contribution < -0.4 is 14.8 Å². The Morgan fingerprint density at radius 3 is 2.94 bits per heavy atom. The molecular weight excluding hydrogens is 214 g/mol. The van der Waals surface area contributed by atoms with Gasteiger partial charge in [0.1, 0.15) is 0 Å². The Morgan fingerprint density at radius 1 is 1.35 bits per heavy atom. The summed E-state index contributed by atoms with van der Waals surface area (Å²) >= 11 is 0. The molecule has 3 nitrogen and oxygen atoms in total. The van der Waals surface area contributed by atoms with Crippen LogP contribution in [0.3, 0.4) is 0 Å². The lowest BCUT2D eigenvalue weighted by molar-refractivity contribution is 0.173. The molecule has 1 N–H and O–H groups in total. The smallest absolute Gasteiger partial charge is 0.231 e. The fourth-order valence-electron chi connectivity index (χ4n) is 2.44. The number of hydrogen-bond donors (Lipinski definition) is 1. The SMILES string of the molecule is CC1(C)CC1CNCc1cccc2c1OCO2. The van der Waals surface area contributed by atoms with E-state index in [1.165, 1.54) is 12.0 Å². The van der Waals surface area contributed by atoms with Gasteiger partial charge in [-0.25, -0.2) is 0 Å². The second-order valence-corrected chi connectivity index (χ2v) is 5.67. The molecule has 0 amide bonds. The van der Waals surface area contributed by atoms with E-state index in [1.807, 2.05) is 12.1 Å². The minimum Gasteiger partial charge on any atom is -0.454 e. The number of benzene rings is 1. The summed E-state index contributed by atoms with van der Waals surface area (Å²) in [4.78, 5) is 0. The van der Waals surface area contributed by atoms with Gasteiger partial charge in [0.05, 0.1) is 0 Å². The van der Waals surface area contributed by atoms with Gasteiger partial charge in [-0.3, -0.25) is 0 Å². The van der Waals surface area contributed by atoms with E-state index in [2.05, 4.69) is 25.2 Å². The van der Waals surface area contributed by atoms with Crippen molar-refractivity contribution in [2.45, 2.75) is 26.8 Å². The molecule has 1 atom stereocenters. The minimum absolute atomic E-state index is 0.349. The fourth-order valence-corrected chi connectivity index (χ4v) is 2.44. The first-order valence-electron chi connectivity index (χ1n) is 6.25. The van der Waals surface area contributed by atoms with Gasteiger partial charge in [-0.15, -0.1) is 0 Å². The van der Waals surface area contributed by atoms with Gasteiger partial charge in [0.15, 0.2) is 11.5 Å². The van der Waals surface area contributed by atoms with Crippen LogP contribution in [0.15, 0.2) is 18.2 Å². The molecule has 92 valence electrons. The number of hydrogen-bond acceptors (Lipinski definition) is 3. The molecular formula is C14H19NO2. The van der Waals surface area contributed by atoms with Crippen LogP contribution in [-0.2, 0) is 6.54 Å². The molecule has 1 aliphatic heterocycles. The van der Waals surface area contributed by atoms with Gasteiger partial charge in [0, 0.05) is 12.1 Å². The highest BCUT2D eigenvalue weighted by atomic mass is 16.7. The molecule has 0 aromatic heterocycles. The number of nitrogens with one attached hydrogen (secondary N) is 1. The second kappa shape index (κ2) is 3.91. The second-order valence-electron chi connectivity index (χ2n) is 5.67. The average molecular weight is 233 g/mol. The molecule has 1 aliphatic carbocycles. The maximum Gasteiger partial charge on any atom is 0.231 e. The van der Waals surface area contributed by atoms with Gasteiger partial charge in [0.25, 0.3) is 0 Å². The monoisotopic (exact) mass is 233 g/mol. The van der Waals surface area contributed by atoms with Crippen molar-refractivity contribution in [1.29, 1.82) is 0 Å². The first-order valence-corrected chi connectivity index (χ1v) is 6.25. The van der Waals surface area contributed by atoms with E-state index in [4.69, 9.17) is 9.47 Å². The number of para-hydroxylation sites is 1. The van der Waals surface area contributed by atoms with Crippen LogP contribution in [0.2, 0.25) is 0 Å². The van der Waals surface area contributed by atoms with Crippen molar-refractivity contribution in [1.82, 2.24) is 5.32 Å². The van der Waals surface area contributed by atoms with Gasteiger partial charge in [0.2, 0.25) is 6.79 Å². The maximum atomic E-state index is 5.48. The molecule has 3 heteroatoms. The van der Waals surface area contributed by atoms with Crippen LogP contribution in [0.1, 0.15) is 25.8 Å². The van der Waals surface area contributed by atoms with Crippen molar-refractivity contribution in [3.8, 4) is 11.5 Å². The molecule has 1 aromatic carbocycles. The zero-order valence-electron chi connectivity index (χ0n) is 10.5. The molecule has 1 saturated carbocycles. The predicted octanol–water partition coefficient (Wildman–Crippen LogP) is 2.55. The normalized spacial score (nSPS) is 23.8. The summed E-state index contributed by atoms with van der Waals surface area (Å²) < 4.78 is 10.8. The van der Waals surface area contributed by atoms with E-state index in [-0.39, 0.29) is 0 Å². The summed E-state index contributed by atoms with van der Waals surface area (Å²) in [5.74, 6) is 2.61. The maximum absolute atomic E-state index is 5.48. The molecule has 0 spiro atoms. The lowest BCUT2D eigenvalue weighted by Crippen LogP contribution is -2.18. The Bertz CT molecular complexity index is 428. The summed E-state index contributed by atoms with van der Waals surface area (Å²) in [6, 6.07) is 6.07. The van der Waals surface area contributed by atoms with Gasteiger partial charge in [-0.05, 0) is 30.4 Å². The highest BCUT2D eigenvalue weighted by molar-refractivity contribution is 5.48. The topological polar surface area (TPSA) is 30.5 Å². The minimum atomic E-state index is 0.349. The molecule has 3 rings (SSSR count). The van der Waals surface area contributed by atoms with Crippen molar-refractivity contribution >= 4 is 0 Å². The quantitative estimate of drug-likeness (QED) is 0.867. The fraction of sp³-hybridized carbons (Fsp3) is 0.571. The Kier molecular flexibility index (Phi) is 2.51. The van der Waals surface area contributed by atoms with Crippen LogP contribution >= 0.6 is 0 Å². The first kappa shape index (κ1) is 10.9. The third-order valence-electron chi connectivity index (χ3n) is 3.90. The Balaban J connectivity index is 1.57. The molecule has 2 aliphatic rings. The van der Waals surface area contributed by atoms with E-state index >= 15 is 0 Å². The van der Waals surface area contributed by atoms with E-state index in [0.29, 0.717) is 12.2 Å². The highest BCUT2D eigenvalue weighted by Gasteiger charge is 2.44. The van der Waals surface area contributed by atoms with Crippen LogP contribution in [0, 0.1) is 11.3 Å². The molecule has 0 radical (unpaired) electrons. The van der Waals surface area contributed by atoms with Gasteiger partial charge in [-0.2, -0.15) is 0 Å². The van der Waals surface area contributed by atoms with E-state index in [1.54, 1.807) is 0 Å². The van der Waals surface area contributed by atoms with Gasteiger partial charge < -0.3 is 14.8 Å². The lowest BCUT2D eigenvalue weighted by Gasteiger charge is -2.08. The molecule has 1 heterocycles. The number of rotatable bonds is 4. The van der Waals surface area contributed by atoms with E-state index in [9.17, 15) is 0 Å². The van der Waals surface area contributed by atoms with Crippen LogP contribution in [-0.4, -0.2) is 13.3 Å². The van der Waals surface area contributed by atoms with Crippen LogP contribution in [0.5, 0.6) is 11.5 Å². The van der Waals surface area contributed by atoms with Crippen molar-refractivity contribution in [2.24, 2.45) is 11.3 Å². The third-order valence-corrected chi connectivity index (χ3v) is 3.90. The third kappa shape index (κ3) is 2.12. The number of fused-ring (bicyclic) bond motifs is 1. The summed E-state index contributed by atoms with van der Waals surface area (Å²) in [5.41, 5.74) is 1.74. The molecule has 1 aromatic rings. The van der Waals surface area contributed by atoms with Gasteiger partial charge >= 0.3 is 0 Å². The average Bonchev–Trinajstić information content (AvgIpc) is 2.75. The van der Waals surface area contributed by atoms with Crippen molar-refractivity contribution in [2.75, 3.05) is 13.3 Å². The van der Waals surface area contributed by atoms with E-state index in [0.717, 1.165) is 30.5 Å². The molecule has 1 unspecified atom stereocenters. The van der Waals surface area contributed by atoms with Crippen molar-refractivity contribution in [3.05, 3.63) is 23.8 Å². The summed E-state index contributed by atoms with van der Waals surface area (Å²) in [6.07, 6.45) is 1.34. The zero-order chi connectivity index (χ0) is 11.9. The zero-order valence-corrected chi connectivity index (χ0v) is 10.5. The molecule has 1 fully saturated rings. The summed E-state index contributed by atoms with van der Waals surface area (Å²) in [5, 5.41) is 3.51. The number of ether oxygens (including phenoxy) is 2. The Morgan fingerprint density at radius 2 is 2.18 bits per heavy atom. The standard InChI is InChI=1S/C14H19NO2/c1-14(2)6-11(14)8-15-7-10-4-3-5-12-13(10)17-9-16-12/h3-5,11,15H,6-9H2,1-2H3. The van der Waals surface area contributed by atoms with Crippen LogP contribution in [0.25, 0.3) is 0 Å². The Hall–Kier alpha value is -1.22. The molecule has 0 saturated heterocycles. The highest BCUT2D eigenvalue weighted by Crippen LogP contribution is 2.51.